The van der Waals surface area contributed by atoms with E-state index in [9.17, 15) is 4.79 Å². The number of hydrogen-bond donors (Lipinski definition) is 2. The highest BCUT2D eigenvalue weighted by molar-refractivity contribution is 5.80. The molecule has 3 fully saturated rings. The maximum Gasteiger partial charge on any atom is 0.225 e. The average molecular weight is 412 g/mol. The minimum absolute atomic E-state index is 0.243. The topological polar surface area (TPSA) is 60.0 Å². The SMILES string of the molecule is CCNC(=NCC1(c2ccccc2)CC1)NCCN1CCN(C(=O)C2CCC2)CC1. The Kier molecular flexibility index (Phi) is 6.93. The first-order valence-electron chi connectivity index (χ1n) is 11.8. The van der Waals surface area contributed by atoms with Crippen LogP contribution in [0, 0.1) is 5.92 Å². The maximum absolute atomic E-state index is 12.4. The smallest absolute Gasteiger partial charge is 0.225 e. The Hall–Kier alpha value is -2.08. The Bertz CT molecular complexity index is 718. The number of nitrogens with one attached hydrogen (secondary N) is 2. The lowest BCUT2D eigenvalue weighted by Crippen LogP contribution is -2.52. The van der Waals surface area contributed by atoms with Gasteiger partial charge in [0, 0.05) is 57.1 Å². The van der Waals surface area contributed by atoms with Crippen molar-refractivity contribution in [1.82, 2.24) is 20.4 Å². The molecule has 0 aromatic heterocycles. The summed E-state index contributed by atoms with van der Waals surface area (Å²) in [6.45, 7) is 9.39. The second-order valence-electron chi connectivity index (χ2n) is 9.06. The lowest BCUT2D eigenvalue weighted by Gasteiger charge is -2.38. The van der Waals surface area contributed by atoms with Gasteiger partial charge in [-0.3, -0.25) is 14.7 Å². The molecule has 6 nitrogen and oxygen atoms in total. The van der Waals surface area contributed by atoms with Crippen molar-refractivity contribution in [3.05, 3.63) is 35.9 Å². The Morgan fingerprint density at radius 1 is 1.10 bits per heavy atom. The van der Waals surface area contributed by atoms with Crippen molar-refractivity contribution in [1.29, 1.82) is 0 Å². The molecule has 1 aromatic rings. The molecule has 1 aliphatic heterocycles. The van der Waals surface area contributed by atoms with E-state index in [0.717, 1.165) is 71.2 Å². The third-order valence-electron chi connectivity index (χ3n) is 6.98. The highest BCUT2D eigenvalue weighted by atomic mass is 16.2. The number of rotatable bonds is 8. The molecule has 2 N–H and O–H groups in total. The van der Waals surface area contributed by atoms with Crippen molar-refractivity contribution >= 4 is 11.9 Å². The van der Waals surface area contributed by atoms with Crippen molar-refractivity contribution in [2.24, 2.45) is 10.9 Å². The van der Waals surface area contributed by atoms with Crippen LogP contribution in [0.2, 0.25) is 0 Å². The molecular formula is C24H37N5O. The summed E-state index contributed by atoms with van der Waals surface area (Å²) in [6.07, 6.45) is 5.87. The fourth-order valence-corrected chi connectivity index (χ4v) is 4.49. The summed E-state index contributed by atoms with van der Waals surface area (Å²) in [6, 6.07) is 10.8. The van der Waals surface area contributed by atoms with Crippen LogP contribution in [-0.2, 0) is 10.2 Å². The maximum atomic E-state index is 12.4. The van der Waals surface area contributed by atoms with Crippen molar-refractivity contribution in [3.8, 4) is 0 Å². The number of carbonyl (C=O) groups is 1. The molecule has 164 valence electrons. The molecule has 3 aliphatic rings. The number of benzene rings is 1. The van der Waals surface area contributed by atoms with Crippen molar-refractivity contribution in [2.75, 3.05) is 52.4 Å². The lowest BCUT2D eigenvalue weighted by atomic mass is 9.84. The van der Waals surface area contributed by atoms with E-state index in [0.29, 0.717) is 11.8 Å². The molecular weight excluding hydrogens is 374 g/mol. The van der Waals surface area contributed by atoms with Crippen LogP contribution in [0.5, 0.6) is 0 Å². The molecule has 30 heavy (non-hydrogen) atoms. The Morgan fingerprint density at radius 2 is 1.83 bits per heavy atom. The van der Waals surface area contributed by atoms with E-state index in [1.165, 1.54) is 24.8 Å². The molecule has 0 bridgehead atoms. The highest BCUT2D eigenvalue weighted by Gasteiger charge is 2.44. The average Bonchev–Trinajstić information content (AvgIpc) is 3.53. The third kappa shape index (κ3) is 5.15. The van der Waals surface area contributed by atoms with E-state index in [4.69, 9.17) is 4.99 Å². The van der Waals surface area contributed by atoms with E-state index in [2.05, 4.69) is 57.7 Å². The van der Waals surface area contributed by atoms with E-state index in [1.807, 2.05) is 0 Å². The summed E-state index contributed by atoms with van der Waals surface area (Å²) in [4.78, 5) is 21.8. The van der Waals surface area contributed by atoms with Crippen LogP contribution in [-0.4, -0.2) is 74.0 Å². The van der Waals surface area contributed by atoms with Crippen LogP contribution in [0.1, 0.15) is 44.6 Å². The standard InChI is InChI=1S/C24H37N5O/c1-2-25-23(27-19-24(11-12-24)21-9-4-3-5-10-21)26-13-14-28-15-17-29(18-16-28)22(30)20-7-6-8-20/h3-5,9-10,20H,2,6-8,11-19H2,1H3,(H2,25,26,27). The van der Waals surface area contributed by atoms with Gasteiger partial charge in [0.2, 0.25) is 5.91 Å². The van der Waals surface area contributed by atoms with Gasteiger partial charge >= 0.3 is 0 Å². The Balaban J connectivity index is 1.20. The van der Waals surface area contributed by atoms with Crippen molar-refractivity contribution in [3.63, 3.8) is 0 Å². The van der Waals surface area contributed by atoms with E-state index in [-0.39, 0.29) is 5.41 Å². The van der Waals surface area contributed by atoms with Crippen LogP contribution >= 0.6 is 0 Å². The van der Waals surface area contributed by atoms with Crippen molar-refractivity contribution < 1.29 is 4.79 Å². The Morgan fingerprint density at radius 3 is 2.43 bits per heavy atom. The molecule has 1 saturated heterocycles. The minimum atomic E-state index is 0.243. The molecule has 0 unspecified atom stereocenters. The predicted octanol–water partition coefficient (Wildman–Crippen LogP) is 2.22. The first kappa shape index (κ1) is 21.2. The summed E-state index contributed by atoms with van der Waals surface area (Å²) in [5, 5.41) is 6.89. The number of hydrogen-bond acceptors (Lipinski definition) is 3. The molecule has 2 saturated carbocycles. The predicted molar refractivity (Wildman–Crippen MR) is 122 cm³/mol. The number of piperazine rings is 1. The normalized spacial score (nSPS) is 21.8. The molecule has 1 aromatic carbocycles. The summed E-state index contributed by atoms with van der Waals surface area (Å²) in [5.74, 6) is 1.63. The van der Waals surface area contributed by atoms with Gasteiger partial charge in [0.1, 0.15) is 0 Å². The van der Waals surface area contributed by atoms with E-state index < -0.39 is 0 Å². The molecule has 0 atom stereocenters. The zero-order valence-electron chi connectivity index (χ0n) is 18.4. The van der Waals surface area contributed by atoms with E-state index in [1.54, 1.807) is 0 Å². The van der Waals surface area contributed by atoms with Crippen LogP contribution in [0.4, 0.5) is 0 Å². The van der Waals surface area contributed by atoms with Crippen LogP contribution in [0.15, 0.2) is 35.3 Å². The van der Waals surface area contributed by atoms with Gasteiger partial charge in [-0.25, -0.2) is 0 Å². The Labute approximate surface area is 181 Å². The van der Waals surface area contributed by atoms with Gasteiger partial charge in [-0.1, -0.05) is 36.8 Å². The summed E-state index contributed by atoms with van der Waals surface area (Å²) < 4.78 is 0. The van der Waals surface area contributed by atoms with Gasteiger partial charge in [-0.2, -0.15) is 0 Å². The van der Waals surface area contributed by atoms with Gasteiger partial charge in [0.15, 0.2) is 5.96 Å². The largest absolute Gasteiger partial charge is 0.357 e. The molecule has 2 aliphatic carbocycles. The first-order chi connectivity index (χ1) is 14.7. The monoisotopic (exact) mass is 411 g/mol. The van der Waals surface area contributed by atoms with Crippen LogP contribution in [0.3, 0.4) is 0 Å². The molecule has 1 heterocycles. The van der Waals surface area contributed by atoms with Gasteiger partial charge in [-0.05, 0) is 38.2 Å². The van der Waals surface area contributed by atoms with Gasteiger partial charge in [0.05, 0.1) is 6.54 Å². The van der Waals surface area contributed by atoms with E-state index >= 15 is 0 Å². The first-order valence-corrected chi connectivity index (χ1v) is 11.8. The van der Waals surface area contributed by atoms with Crippen LogP contribution in [0.25, 0.3) is 0 Å². The zero-order chi connectivity index (χ0) is 20.8. The van der Waals surface area contributed by atoms with Gasteiger partial charge < -0.3 is 15.5 Å². The second-order valence-corrected chi connectivity index (χ2v) is 9.06. The summed E-state index contributed by atoms with van der Waals surface area (Å²) in [5.41, 5.74) is 1.66. The molecule has 0 radical (unpaired) electrons. The molecule has 1 amide bonds. The number of amides is 1. The number of guanidine groups is 1. The molecule has 6 heteroatoms. The zero-order valence-corrected chi connectivity index (χ0v) is 18.4. The summed E-state index contributed by atoms with van der Waals surface area (Å²) in [7, 11) is 0. The lowest BCUT2D eigenvalue weighted by molar-refractivity contribution is -0.139. The number of carbonyl (C=O) groups excluding carboxylic acids is 1. The highest BCUT2D eigenvalue weighted by Crippen LogP contribution is 2.48. The van der Waals surface area contributed by atoms with Crippen LogP contribution < -0.4 is 10.6 Å². The number of nitrogens with zero attached hydrogens (tertiary/aromatic N) is 3. The van der Waals surface area contributed by atoms with Crippen molar-refractivity contribution in [2.45, 2.75) is 44.4 Å². The summed E-state index contributed by atoms with van der Waals surface area (Å²) >= 11 is 0. The third-order valence-corrected chi connectivity index (χ3v) is 6.98. The quantitative estimate of drug-likeness (QED) is 0.509. The molecule has 0 spiro atoms. The minimum Gasteiger partial charge on any atom is -0.357 e. The fourth-order valence-electron chi connectivity index (χ4n) is 4.49. The fraction of sp³-hybridized carbons (Fsp3) is 0.667. The second kappa shape index (κ2) is 9.82. The van der Waals surface area contributed by atoms with Gasteiger partial charge in [0.25, 0.3) is 0 Å². The molecule has 4 rings (SSSR count). The van der Waals surface area contributed by atoms with Gasteiger partial charge in [-0.15, -0.1) is 0 Å². The number of aliphatic imine (C=N–C) groups is 1.